The SMILES string of the molecule is Cc1ccc([N+](=O)[O-])cc1NC(=O)COC(=O)Cc1ccc(Cl)cc1. The maximum Gasteiger partial charge on any atom is 0.310 e. The third-order valence-electron chi connectivity index (χ3n) is 3.33. The minimum atomic E-state index is -0.576. The monoisotopic (exact) mass is 362 g/mol. The summed E-state index contributed by atoms with van der Waals surface area (Å²) < 4.78 is 4.91. The fourth-order valence-corrected chi connectivity index (χ4v) is 2.14. The summed E-state index contributed by atoms with van der Waals surface area (Å²) in [4.78, 5) is 33.8. The van der Waals surface area contributed by atoms with Crippen LogP contribution in [0.3, 0.4) is 0 Å². The second-order valence-corrected chi connectivity index (χ2v) is 5.70. The molecule has 0 spiro atoms. The molecule has 0 saturated heterocycles. The average Bonchev–Trinajstić information content (AvgIpc) is 2.57. The number of ether oxygens (including phenoxy) is 1. The number of rotatable bonds is 6. The highest BCUT2D eigenvalue weighted by atomic mass is 35.5. The van der Waals surface area contributed by atoms with Gasteiger partial charge in [-0.3, -0.25) is 19.7 Å². The van der Waals surface area contributed by atoms with Gasteiger partial charge in [0.1, 0.15) is 0 Å². The Balaban J connectivity index is 1.88. The fourth-order valence-electron chi connectivity index (χ4n) is 2.01. The van der Waals surface area contributed by atoms with E-state index in [1.54, 1.807) is 31.2 Å². The summed E-state index contributed by atoms with van der Waals surface area (Å²) in [6, 6.07) is 10.8. The molecular weight excluding hydrogens is 348 g/mol. The number of esters is 1. The number of amides is 1. The molecule has 130 valence electrons. The lowest BCUT2D eigenvalue weighted by molar-refractivity contribution is -0.384. The van der Waals surface area contributed by atoms with Gasteiger partial charge in [0.05, 0.1) is 17.0 Å². The van der Waals surface area contributed by atoms with Crippen LogP contribution in [0.2, 0.25) is 5.02 Å². The van der Waals surface area contributed by atoms with E-state index >= 15 is 0 Å². The zero-order chi connectivity index (χ0) is 18.4. The van der Waals surface area contributed by atoms with E-state index in [0.717, 1.165) is 0 Å². The molecule has 2 aromatic carbocycles. The van der Waals surface area contributed by atoms with Crippen molar-refractivity contribution in [3.05, 3.63) is 68.7 Å². The van der Waals surface area contributed by atoms with Crippen molar-refractivity contribution in [2.24, 2.45) is 0 Å². The van der Waals surface area contributed by atoms with Gasteiger partial charge >= 0.3 is 5.97 Å². The third-order valence-corrected chi connectivity index (χ3v) is 3.58. The number of nitro groups is 1. The topological polar surface area (TPSA) is 98.5 Å². The molecule has 0 heterocycles. The Hall–Kier alpha value is -2.93. The predicted molar refractivity (Wildman–Crippen MR) is 92.6 cm³/mol. The lowest BCUT2D eigenvalue weighted by Gasteiger charge is -2.09. The molecular formula is C17H15ClN2O5. The summed E-state index contributed by atoms with van der Waals surface area (Å²) in [6.45, 7) is 1.22. The standard InChI is InChI=1S/C17H15ClN2O5/c1-11-2-7-14(20(23)24)9-15(11)19-16(21)10-25-17(22)8-12-3-5-13(18)6-4-12/h2-7,9H,8,10H2,1H3,(H,19,21). The van der Waals surface area contributed by atoms with Gasteiger partial charge in [-0.05, 0) is 30.2 Å². The normalized spacial score (nSPS) is 10.2. The van der Waals surface area contributed by atoms with Gasteiger partial charge in [-0.25, -0.2) is 0 Å². The maximum atomic E-state index is 11.9. The number of anilines is 1. The highest BCUT2D eigenvalue weighted by Crippen LogP contribution is 2.21. The van der Waals surface area contributed by atoms with Crippen LogP contribution in [0.1, 0.15) is 11.1 Å². The van der Waals surface area contributed by atoms with Gasteiger partial charge in [0.25, 0.3) is 11.6 Å². The predicted octanol–water partition coefficient (Wildman–Crippen LogP) is 3.28. The number of hydrogen-bond acceptors (Lipinski definition) is 5. The van der Waals surface area contributed by atoms with Crippen LogP contribution in [0.5, 0.6) is 0 Å². The number of nitro benzene ring substituents is 1. The van der Waals surface area contributed by atoms with Crippen molar-refractivity contribution in [2.75, 3.05) is 11.9 Å². The molecule has 0 saturated carbocycles. The van der Waals surface area contributed by atoms with Crippen molar-refractivity contribution in [1.29, 1.82) is 0 Å². The summed E-state index contributed by atoms with van der Waals surface area (Å²) in [5.74, 6) is -1.14. The molecule has 2 rings (SSSR count). The number of benzene rings is 2. The summed E-state index contributed by atoms with van der Waals surface area (Å²) >= 11 is 5.76. The molecule has 0 aliphatic carbocycles. The lowest BCUT2D eigenvalue weighted by atomic mass is 10.1. The highest BCUT2D eigenvalue weighted by molar-refractivity contribution is 6.30. The molecule has 1 amide bonds. The zero-order valence-electron chi connectivity index (χ0n) is 13.3. The van der Waals surface area contributed by atoms with Gasteiger partial charge in [-0.1, -0.05) is 29.8 Å². The first-order valence-electron chi connectivity index (χ1n) is 7.30. The molecule has 0 bridgehead atoms. The van der Waals surface area contributed by atoms with E-state index in [1.165, 1.54) is 18.2 Å². The van der Waals surface area contributed by atoms with Crippen molar-refractivity contribution < 1.29 is 19.2 Å². The number of halogens is 1. The van der Waals surface area contributed by atoms with Crippen molar-refractivity contribution in [3.63, 3.8) is 0 Å². The van der Waals surface area contributed by atoms with E-state index in [2.05, 4.69) is 5.32 Å². The van der Waals surface area contributed by atoms with Crippen LogP contribution in [0.4, 0.5) is 11.4 Å². The lowest BCUT2D eigenvalue weighted by Crippen LogP contribution is -2.22. The number of non-ortho nitro benzene ring substituents is 1. The summed E-state index contributed by atoms with van der Waals surface area (Å²) in [7, 11) is 0. The molecule has 0 aliphatic rings. The quantitative estimate of drug-likeness (QED) is 0.483. The van der Waals surface area contributed by atoms with Crippen molar-refractivity contribution in [3.8, 4) is 0 Å². The molecule has 0 fully saturated rings. The Kier molecular flexibility index (Phi) is 6.08. The second kappa shape index (κ2) is 8.25. The summed E-state index contributed by atoms with van der Waals surface area (Å²) in [5.41, 5.74) is 1.53. The minimum Gasteiger partial charge on any atom is -0.455 e. The van der Waals surface area contributed by atoms with Crippen LogP contribution in [-0.4, -0.2) is 23.4 Å². The van der Waals surface area contributed by atoms with Gasteiger partial charge in [0, 0.05) is 17.2 Å². The van der Waals surface area contributed by atoms with Gasteiger partial charge < -0.3 is 10.1 Å². The maximum absolute atomic E-state index is 11.9. The smallest absolute Gasteiger partial charge is 0.310 e. The van der Waals surface area contributed by atoms with Crippen LogP contribution in [-0.2, 0) is 20.7 Å². The van der Waals surface area contributed by atoms with Crippen molar-refractivity contribution in [2.45, 2.75) is 13.3 Å². The average molecular weight is 363 g/mol. The Labute approximate surface area is 148 Å². The number of nitrogens with zero attached hydrogens (tertiary/aromatic N) is 1. The largest absolute Gasteiger partial charge is 0.455 e. The fraction of sp³-hybridized carbons (Fsp3) is 0.176. The van der Waals surface area contributed by atoms with E-state index in [9.17, 15) is 19.7 Å². The zero-order valence-corrected chi connectivity index (χ0v) is 14.1. The molecule has 8 heteroatoms. The van der Waals surface area contributed by atoms with Gasteiger partial charge in [0.15, 0.2) is 6.61 Å². The first-order valence-corrected chi connectivity index (χ1v) is 7.68. The molecule has 2 aromatic rings. The van der Waals surface area contributed by atoms with Crippen LogP contribution >= 0.6 is 11.6 Å². The van der Waals surface area contributed by atoms with Crippen molar-refractivity contribution >= 4 is 34.9 Å². The number of hydrogen-bond donors (Lipinski definition) is 1. The molecule has 1 N–H and O–H groups in total. The first kappa shape index (κ1) is 18.4. The molecule has 0 atom stereocenters. The van der Waals surface area contributed by atoms with Crippen LogP contribution in [0, 0.1) is 17.0 Å². The molecule has 25 heavy (non-hydrogen) atoms. The van der Waals surface area contributed by atoms with E-state index in [4.69, 9.17) is 16.3 Å². The molecule has 0 unspecified atom stereocenters. The third kappa shape index (κ3) is 5.58. The summed E-state index contributed by atoms with van der Waals surface area (Å²) in [6.07, 6.45) is 0.0142. The van der Waals surface area contributed by atoms with E-state index < -0.39 is 23.4 Å². The van der Waals surface area contributed by atoms with Gasteiger partial charge in [0.2, 0.25) is 0 Å². The Morgan fingerprint density at radius 1 is 1.20 bits per heavy atom. The van der Waals surface area contributed by atoms with E-state index in [-0.39, 0.29) is 12.1 Å². The number of carbonyl (C=O) groups excluding carboxylic acids is 2. The molecule has 0 radical (unpaired) electrons. The second-order valence-electron chi connectivity index (χ2n) is 5.27. The number of aryl methyl sites for hydroxylation is 1. The van der Waals surface area contributed by atoms with E-state index in [0.29, 0.717) is 21.8 Å². The van der Waals surface area contributed by atoms with Crippen molar-refractivity contribution in [1.82, 2.24) is 0 Å². The summed E-state index contributed by atoms with van der Waals surface area (Å²) in [5, 5.41) is 13.8. The number of nitrogens with one attached hydrogen (secondary N) is 1. The molecule has 0 aromatic heterocycles. The molecule has 7 nitrogen and oxygen atoms in total. The minimum absolute atomic E-state index is 0.0142. The van der Waals surface area contributed by atoms with Crippen LogP contribution in [0.15, 0.2) is 42.5 Å². The van der Waals surface area contributed by atoms with Gasteiger partial charge in [-0.2, -0.15) is 0 Å². The first-order chi connectivity index (χ1) is 11.8. The Morgan fingerprint density at radius 2 is 1.88 bits per heavy atom. The number of carbonyl (C=O) groups is 2. The van der Waals surface area contributed by atoms with E-state index in [1.807, 2.05) is 0 Å². The highest BCUT2D eigenvalue weighted by Gasteiger charge is 2.13. The van der Waals surface area contributed by atoms with Gasteiger partial charge in [-0.15, -0.1) is 0 Å². The Morgan fingerprint density at radius 3 is 2.52 bits per heavy atom. The molecule has 0 aliphatic heterocycles. The van der Waals surface area contributed by atoms with Crippen LogP contribution in [0.25, 0.3) is 0 Å². The Bertz CT molecular complexity index is 805. The van der Waals surface area contributed by atoms with Crippen LogP contribution < -0.4 is 5.32 Å².